The molecular formula is C15H16F3N3O. The Morgan fingerprint density at radius 1 is 1.05 bits per heavy atom. The van der Waals surface area contributed by atoms with Crippen LogP contribution in [0.15, 0.2) is 36.4 Å². The summed E-state index contributed by atoms with van der Waals surface area (Å²) in [6, 6.07) is 9.84. The Morgan fingerprint density at radius 3 is 2.27 bits per heavy atom. The molecule has 1 aromatic heterocycles. The van der Waals surface area contributed by atoms with E-state index in [-0.39, 0.29) is 0 Å². The molecule has 118 valence electrons. The van der Waals surface area contributed by atoms with Crippen LogP contribution in [-0.2, 0) is 6.18 Å². The van der Waals surface area contributed by atoms with Gasteiger partial charge < -0.3 is 9.64 Å². The molecule has 0 saturated heterocycles. The molecule has 0 aliphatic rings. The van der Waals surface area contributed by atoms with Crippen LogP contribution in [-0.4, -0.2) is 30.4 Å². The van der Waals surface area contributed by atoms with Crippen molar-refractivity contribution in [3.63, 3.8) is 0 Å². The molecule has 4 nitrogen and oxygen atoms in total. The predicted molar refractivity (Wildman–Crippen MR) is 77.0 cm³/mol. The van der Waals surface area contributed by atoms with Gasteiger partial charge in [0.05, 0.1) is 6.54 Å². The Bertz CT molecular complexity index is 597. The van der Waals surface area contributed by atoms with Gasteiger partial charge in [-0.25, -0.2) is 0 Å². The smallest absolute Gasteiger partial charge is 0.435 e. The fraction of sp³-hybridized carbons (Fsp3) is 0.333. The van der Waals surface area contributed by atoms with Gasteiger partial charge in [-0.2, -0.15) is 13.2 Å². The maximum Gasteiger partial charge on any atom is 0.435 e. The number of rotatable bonds is 5. The van der Waals surface area contributed by atoms with Gasteiger partial charge in [-0.3, -0.25) is 0 Å². The fourth-order valence-electron chi connectivity index (χ4n) is 1.73. The molecule has 0 aliphatic heterocycles. The topological polar surface area (TPSA) is 38.2 Å². The first-order valence-corrected chi connectivity index (χ1v) is 6.68. The molecule has 0 bridgehead atoms. The maximum atomic E-state index is 12.4. The molecule has 0 atom stereocenters. The lowest BCUT2D eigenvalue weighted by Gasteiger charge is -2.18. The molecular weight excluding hydrogens is 295 g/mol. The van der Waals surface area contributed by atoms with Crippen molar-refractivity contribution < 1.29 is 17.9 Å². The van der Waals surface area contributed by atoms with Crippen molar-refractivity contribution in [2.24, 2.45) is 0 Å². The summed E-state index contributed by atoms with van der Waals surface area (Å²) in [5.41, 5.74) is 0.144. The molecule has 2 rings (SSSR count). The third-order valence-corrected chi connectivity index (χ3v) is 3.05. The van der Waals surface area contributed by atoms with Crippen LogP contribution in [0.2, 0.25) is 0 Å². The van der Waals surface area contributed by atoms with E-state index >= 15 is 0 Å². The van der Waals surface area contributed by atoms with E-state index in [0.29, 0.717) is 19.0 Å². The molecule has 0 fully saturated rings. The number of halogens is 3. The van der Waals surface area contributed by atoms with E-state index in [2.05, 4.69) is 10.2 Å². The Balaban J connectivity index is 1.86. The fourth-order valence-corrected chi connectivity index (χ4v) is 1.73. The van der Waals surface area contributed by atoms with Gasteiger partial charge in [-0.05, 0) is 31.2 Å². The van der Waals surface area contributed by atoms with Crippen LogP contribution in [0.5, 0.6) is 5.75 Å². The minimum Gasteiger partial charge on any atom is -0.492 e. The number of hydrogen-bond donors (Lipinski definition) is 0. The van der Waals surface area contributed by atoms with Crippen LogP contribution < -0.4 is 9.64 Å². The number of aryl methyl sites for hydroxylation is 1. The molecule has 0 radical (unpaired) electrons. The predicted octanol–water partition coefficient (Wildman–Crippen LogP) is 3.32. The highest BCUT2D eigenvalue weighted by molar-refractivity contribution is 5.36. The minimum atomic E-state index is -4.47. The molecule has 2 aromatic rings. The summed E-state index contributed by atoms with van der Waals surface area (Å²) in [7, 11) is 1.72. The standard InChI is InChI=1S/C15H16F3N3O/c1-11-3-5-12(6-4-11)22-10-9-21(2)14-8-7-13(19-20-14)15(16,17)18/h3-8H,9-10H2,1-2H3. The third-order valence-electron chi connectivity index (χ3n) is 3.05. The lowest BCUT2D eigenvalue weighted by molar-refractivity contribution is -0.141. The molecule has 1 heterocycles. The van der Waals surface area contributed by atoms with Crippen LogP contribution in [0, 0.1) is 6.92 Å². The number of anilines is 1. The van der Waals surface area contributed by atoms with Gasteiger partial charge in [-0.1, -0.05) is 17.7 Å². The second-order valence-electron chi connectivity index (χ2n) is 4.86. The van der Waals surface area contributed by atoms with Crippen molar-refractivity contribution in [3.05, 3.63) is 47.7 Å². The average Bonchev–Trinajstić information content (AvgIpc) is 2.48. The van der Waals surface area contributed by atoms with Crippen molar-refractivity contribution in [3.8, 4) is 5.75 Å². The van der Waals surface area contributed by atoms with Crippen molar-refractivity contribution in [2.45, 2.75) is 13.1 Å². The second-order valence-corrected chi connectivity index (χ2v) is 4.86. The first kappa shape index (κ1) is 16.1. The molecule has 1 aromatic carbocycles. The van der Waals surface area contributed by atoms with Crippen LogP contribution in [0.1, 0.15) is 11.3 Å². The molecule has 0 amide bonds. The summed E-state index contributed by atoms with van der Waals surface area (Å²) in [5.74, 6) is 1.11. The molecule has 0 aliphatic carbocycles. The number of ether oxygens (including phenoxy) is 1. The van der Waals surface area contributed by atoms with Crippen molar-refractivity contribution >= 4 is 5.82 Å². The normalized spacial score (nSPS) is 11.3. The van der Waals surface area contributed by atoms with Crippen LogP contribution in [0.25, 0.3) is 0 Å². The van der Waals surface area contributed by atoms with E-state index < -0.39 is 11.9 Å². The summed E-state index contributed by atoms with van der Waals surface area (Å²) in [6.07, 6.45) is -4.47. The highest BCUT2D eigenvalue weighted by Gasteiger charge is 2.32. The number of alkyl halides is 3. The molecule has 0 unspecified atom stereocenters. The first-order valence-electron chi connectivity index (χ1n) is 6.68. The highest BCUT2D eigenvalue weighted by Crippen LogP contribution is 2.27. The number of benzene rings is 1. The van der Waals surface area contributed by atoms with Crippen molar-refractivity contribution in [1.82, 2.24) is 10.2 Å². The zero-order valence-corrected chi connectivity index (χ0v) is 12.3. The lowest BCUT2D eigenvalue weighted by Crippen LogP contribution is -2.25. The van der Waals surface area contributed by atoms with E-state index in [1.54, 1.807) is 11.9 Å². The lowest BCUT2D eigenvalue weighted by atomic mass is 10.2. The Hall–Kier alpha value is -2.31. The summed E-state index contributed by atoms with van der Waals surface area (Å²) in [5, 5.41) is 6.77. The summed E-state index contributed by atoms with van der Waals surface area (Å²) >= 11 is 0. The molecule has 22 heavy (non-hydrogen) atoms. The van der Waals surface area contributed by atoms with E-state index in [9.17, 15) is 13.2 Å². The Morgan fingerprint density at radius 2 is 1.73 bits per heavy atom. The van der Waals surface area contributed by atoms with E-state index in [1.165, 1.54) is 6.07 Å². The highest BCUT2D eigenvalue weighted by atomic mass is 19.4. The van der Waals surface area contributed by atoms with Gasteiger partial charge in [0.15, 0.2) is 11.5 Å². The zero-order valence-electron chi connectivity index (χ0n) is 12.3. The monoisotopic (exact) mass is 311 g/mol. The van der Waals surface area contributed by atoms with Gasteiger partial charge in [-0.15, -0.1) is 10.2 Å². The summed E-state index contributed by atoms with van der Waals surface area (Å²) in [4.78, 5) is 1.68. The summed E-state index contributed by atoms with van der Waals surface area (Å²) < 4.78 is 42.8. The van der Waals surface area contributed by atoms with Gasteiger partial charge in [0.2, 0.25) is 0 Å². The number of likely N-dealkylation sites (N-methyl/N-ethyl adjacent to an activating group) is 1. The number of aromatic nitrogens is 2. The maximum absolute atomic E-state index is 12.4. The minimum absolute atomic E-state index is 0.362. The van der Waals surface area contributed by atoms with Gasteiger partial charge in [0.25, 0.3) is 0 Å². The number of hydrogen-bond acceptors (Lipinski definition) is 4. The van der Waals surface area contributed by atoms with E-state index in [4.69, 9.17) is 4.74 Å². The molecule has 7 heteroatoms. The van der Waals surface area contributed by atoms with Gasteiger partial charge >= 0.3 is 6.18 Å². The van der Waals surface area contributed by atoms with E-state index in [1.807, 2.05) is 31.2 Å². The Labute approximate surface area is 126 Å². The molecule has 0 N–H and O–H groups in total. The van der Waals surface area contributed by atoms with Crippen molar-refractivity contribution in [1.29, 1.82) is 0 Å². The largest absolute Gasteiger partial charge is 0.492 e. The molecule has 0 spiro atoms. The quantitative estimate of drug-likeness (QED) is 0.849. The Kier molecular flexibility index (Phi) is 4.85. The zero-order chi connectivity index (χ0) is 16.2. The first-order chi connectivity index (χ1) is 10.4. The van der Waals surface area contributed by atoms with Gasteiger partial charge in [0, 0.05) is 7.05 Å². The second kappa shape index (κ2) is 6.64. The van der Waals surface area contributed by atoms with Gasteiger partial charge in [0.1, 0.15) is 12.4 Å². The van der Waals surface area contributed by atoms with Crippen LogP contribution in [0.3, 0.4) is 0 Å². The van der Waals surface area contributed by atoms with Crippen LogP contribution >= 0.6 is 0 Å². The molecule has 0 saturated carbocycles. The van der Waals surface area contributed by atoms with Crippen LogP contribution in [0.4, 0.5) is 19.0 Å². The number of nitrogens with zero attached hydrogens (tertiary/aromatic N) is 3. The van der Waals surface area contributed by atoms with Crippen molar-refractivity contribution in [2.75, 3.05) is 25.1 Å². The third kappa shape index (κ3) is 4.34. The SMILES string of the molecule is Cc1ccc(OCCN(C)c2ccc(C(F)(F)F)nn2)cc1. The van der Waals surface area contributed by atoms with E-state index in [0.717, 1.165) is 17.4 Å². The average molecular weight is 311 g/mol. The summed E-state index contributed by atoms with van der Waals surface area (Å²) in [6.45, 7) is 2.86.